The molecule has 0 saturated heterocycles. The molecular formula is C16H11BrN2O2. The second kappa shape index (κ2) is 5.54. The number of nitrogens with two attached hydrogens (primary N) is 1. The molecule has 3 rings (SSSR count). The molecule has 1 heterocycles. The van der Waals surface area contributed by atoms with Gasteiger partial charge in [-0.1, -0.05) is 28.1 Å². The second-order valence-corrected chi connectivity index (χ2v) is 5.40. The van der Waals surface area contributed by atoms with E-state index in [1.165, 1.54) is 0 Å². The van der Waals surface area contributed by atoms with Gasteiger partial charge in [0.2, 0.25) is 11.8 Å². The van der Waals surface area contributed by atoms with E-state index in [9.17, 15) is 4.79 Å². The Morgan fingerprint density at radius 1 is 1.14 bits per heavy atom. The number of rotatable bonds is 3. The molecule has 1 amide bonds. The van der Waals surface area contributed by atoms with E-state index in [2.05, 4.69) is 20.9 Å². The first-order chi connectivity index (χ1) is 10.1. The van der Waals surface area contributed by atoms with Gasteiger partial charge in [0, 0.05) is 16.1 Å². The summed E-state index contributed by atoms with van der Waals surface area (Å²) in [5.41, 5.74) is 8.15. The van der Waals surface area contributed by atoms with E-state index in [1.807, 2.05) is 36.4 Å². The van der Waals surface area contributed by atoms with Crippen LogP contribution in [0.3, 0.4) is 0 Å². The summed E-state index contributed by atoms with van der Waals surface area (Å²) in [7, 11) is 0. The van der Waals surface area contributed by atoms with Crippen molar-refractivity contribution in [3.05, 3.63) is 64.0 Å². The molecular weight excluding hydrogens is 332 g/mol. The van der Waals surface area contributed by atoms with Crippen LogP contribution in [-0.4, -0.2) is 10.9 Å². The van der Waals surface area contributed by atoms with Crippen LogP contribution in [0, 0.1) is 0 Å². The van der Waals surface area contributed by atoms with E-state index in [-0.39, 0.29) is 0 Å². The molecule has 0 radical (unpaired) electrons. The lowest BCUT2D eigenvalue weighted by Crippen LogP contribution is -2.10. The minimum Gasteiger partial charge on any atom is -0.437 e. The number of hydrogen-bond acceptors (Lipinski definition) is 3. The van der Waals surface area contributed by atoms with Crippen molar-refractivity contribution in [1.29, 1.82) is 0 Å². The van der Waals surface area contributed by atoms with Crippen LogP contribution in [0.1, 0.15) is 21.8 Å². The first-order valence-corrected chi connectivity index (χ1v) is 7.05. The van der Waals surface area contributed by atoms with Gasteiger partial charge >= 0.3 is 0 Å². The van der Waals surface area contributed by atoms with Crippen LogP contribution < -0.4 is 5.73 Å². The Balaban J connectivity index is 1.85. The van der Waals surface area contributed by atoms with Gasteiger partial charge in [0.05, 0.1) is 0 Å². The van der Waals surface area contributed by atoms with Gasteiger partial charge < -0.3 is 10.2 Å². The van der Waals surface area contributed by atoms with E-state index >= 15 is 0 Å². The number of amides is 1. The monoisotopic (exact) mass is 342 g/mol. The third kappa shape index (κ3) is 3.03. The number of nitrogens with zero attached hydrogens (tertiary/aromatic N) is 1. The fourth-order valence-corrected chi connectivity index (χ4v) is 2.26. The van der Waals surface area contributed by atoms with Crippen LogP contribution in [0.2, 0.25) is 0 Å². The van der Waals surface area contributed by atoms with Crippen LogP contribution in [0.25, 0.3) is 23.3 Å². The lowest BCUT2D eigenvalue weighted by atomic mass is 10.1. The molecule has 4 nitrogen and oxygen atoms in total. The van der Waals surface area contributed by atoms with Gasteiger partial charge in [0.1, 0.15) is 5.52 Å². The predicted molar refractivity (Wildman–Crippen MR) is 85.6 cm³/mol. The SMILES string of the molecule is NC(=O)c1ccc(C=Cc2nc3cc(Br)ccc3o2)cc1. The highest BCUT2D eigenvalue weighted by molar-refractivity contribution is 9.10. The third-order valence-corrected chi connectivity index (χ3v) is 3.47. The number of halogens is 1. The smallest absolute Gasteiger partial charge is 0.248 e. The number of aromatic nitrogens is 1. The predicted octanol–water partition coefficient (Wildman–Crippen LogP) is 3.86. The third-order valence-electron chi connectivity index (χ3n) is 2.98. The van der Waals surface area contributed by atoms with Crippen LogP contribution in [0.5, 0.6) is 0 Å². The Kier molecular flexibility index (Phi) is 3.58. The molecule has 2 N–H and O–H groups in total. The number of benzene rings is 2. The summed E-state index contributed by atoms with van der Waals surface area (Å²) < 4.78 is 6.57. The summed E-state index contributed by atoms with van der Waals surface area (Å²) in [6.07, 6.45) is 3.65. The lowest BCUT2D eigenvalue weighted by molar-refractivity contribution is 0.100. The summed E-state index contributed by atoms with van der Waals surface area (Å²) in [5.74, 6) is 0.0946. The molecule has 3 aromatic rings. The second-order valence-electron chi connectivity index (χ2n) is 4.48. The summed E-state index contributed by atoms with van der Waals surface area (Å²) in [5, 5.41) is 0. The largest absolute Gasteiger partial charge is 0.437 e. The van der Waals surface area contributed by atoms with Gasteiger partial charge in [0.25, 0.3) is 0 Å². The number of carbonyl (C=O) groups is 1. The zero-order valence-corrected chi connectivity index (χ0v) is 12.5. The number of carbonyl (C=O) groups excluding carboxylic acids is 1. The lowest BCUT2D eigenvalue weighted by Gasteiger charge is -1.95. The summed E-state index contributed by atoms with van der Waals surface area (Å²) in [6, 6.07) is 12.7. The zero-order chi connectivity index (χ0) is 14.8. The number of hydrogen-bond donors (Lipinski definition) is 1. The minimum atomic E-state index is -0.435. The maximum Gasteiger partial charge on any atom is 0.248 e. The van der Waals surface area contributed by atoms with Gasteiger partial charge in [-0.25, -0.2) is 4.98 Å². The fourth-order valence-electron chi connectivity index (χ4n) is 1.92. The van der Waals surface area contributed by atoms with Crippen LogP contribution in [0.4, 0.5) is 0 Å². The summed E-state index contributed by atoms with van der Waals surface area (Å²) in [4.78, 5) is 15.4. The molecule has 0 spiro atoms. The van der Waals surface area contributed by atoms with Crippen molar-refractivity contribution < 1.29 is 9.21 Å². The Morgan fingerprint density at radius 2 is 1.90 bits per heavy atom. The molecule has 0 saturated carbocycles. The Hall–Kier alpha value is -2.40. The van der Waals surface area contributed by atoms with E-state index in [4.69, 9.17) is 10.2 Å². The molecule has 0 atom stereocenters. The van der Waals surface area contributed by atoms with Crippen LogP contribution in [0.15, 0.2) is 51.4 Å². The molecule has 0 aliphatic carbocycles. The maximum absolute atomic E-state index is 11.0. The average Bonchev–Trinajstić information content (AvgIpc) is 2.87. The Labute approximate surface area is 129 Å². The van der Waals surface area contributed by atoms with E-state index in [1.54, 1.807) is 18.2 Å². The number of primary amides is 1. The number of oxazole rings is 1. The van der Waals surface area contributed by atoms with Crippen molar-refractivity contribution in [3.8, 4) is 0 Å². The highest BCUT2D eigenvalue weighted by Gasteiger charge is 2.03. The van der Waals surface area contributed by atoms with Crippen molar-refractivity contribution in [3.63, 3.8) is 0 Å². The maximum atomic E-state index is 11.0. The summed E-state index contributed by atoms with van der Waals surface area (Å²) >= 11 is 3.40. The first-order valence-electron chi connectivity index (χ1n) is 6.26. The fraction of sp³-hybridized carbons (Fsp3) is 0. The van der Waals surface area contributed by atoms with Crippen molar-refractivity contribution in [1.82, 2.24) is 4.98 Å². The van der Waals surface area contributed by atoms with Gasteiger partial charge in [-0.15, -0.1) is 0 Å². The van der Waals surface area contributed by atoms with Crippen molar-refractivity contribution in [2.75, 3.05) is 0 Å². The normalized spacial score (nSPS) is 11.3. The quantitative estimate of drug-likeness (QED) is 0.785. The summed E-state index contributed by atoms with van der Waals surface area (Å²) in [6.45, 7) is 0. The van der Waals surface area contributed by atoms with Gasteiger partial charge in [-0.05, 0) is 42.0 Å². The van der Waals surface area contributed by atoms with Crippen molar-refractivity contribution in [2.24, 2.45) is 5.73 Å². The molecule has 0 aliphatic heterocycles. The highest BCUT2D eigenvalue weighted by Crippen LogP contribution is 2.21. The topological polar surface area (TPSA) is 69.1 Å². The van der Waals surface area contributed by atoms with Crippen LogP contribution in [-0.2, 0) is 0 Å². The molecule has 2 aromatic carbocycles. The first kappa shape index (κ1) is 13.6. The van der Waals surface area contributed by atoms with Crippen LogP contribution >= 0.6 is 15.9 Å². The van der Waals surface area contributed by atoms with Crippen molar-refractivity contribution >= 4 is 45.1 Å². The van der Waals surface area contributed by atoms with Gasteiger partial charge in [-0.2, -0.15) is 0 Å². The van der Waals surface area contributed by atoms with E-state index < -0.39 is 5.91 Å². The molecule has 0 bridgehead atoms. The van der Waals surface area contributed by atoms with Gasteiger partial charge in [0.15, 0.2) is 5.58 Å². The molecule has 104 valence electrons. The molecule has 0 aliphatic rings. The van der Waals surface area contributed by atoms with E-state index in [0.717, 1.165) is 21.1 Å². The minimum absolute atomic E-state index is 0.435. The average molecular weight is 343 g/mol. The van der Waals surface area contributed by atoms with Crippen molar-refractivity contribution in [2.45, 2.75) is 0 Å². The zero-order valence-electron chi connectivity index (χ0n) is 10.9. The molecule has 1 aromatic heterocycles. The molecule has 5 heteroatoms. The molecule has 21 heavy (non-hydrogen) atoms. The highest BCUT2D eigenvalue weighted by atomic mass is 79.9. The number of fused-ring (bicyclic) bond motifs is 1. The molecule has 0 unspecified atom stereocenters. The van der Waals surface area contributed by atoms with Gasteiger partial charge in [-0.3, -0.25) is 4.79 Å². The standard InChI is InChI=1S/C16H11BrN2O2/c17-12-6-7-14-13(9-12)19-15(21-14)8-3-10-1-4-11(5-2-10)16(18)20/h1-9H,(H2,18,20). The Bertz CT molecular complexity index is 835. The Morgan fingerprint density at radius 3 is 2.62 bits per heavy atom. The van der Waals surface area contributed by atoms with E-state index in [0.29, 0.717) is 11.5 Å². The molecule has 0 fully saturated rings.